The van der Waals surface area contributed by atoms with Gasteiger partial charge >= 0.3 is 5.76 Å². The molecule has 0 spiro atoms. The van der Waals surface area contributed by atoms with Crippen molar-refractivity contribution < 1.29 is 22.0 Å². The number of alkyl halides is 2. The third-order valence-corrected chi connectivity index (χ3v) is 4.69. The van der Waals surface area contributed by atoms with Crippen LogP contribution in [-0.4, -0.2) is 38.1 Å². The van der Waals surface area contributed by atoms with Crippen molar-refractivity contribution in [2.75, 3.05) is 13.1 Å². The monoisotopic (exact) mass is 344 g/mol. The molecule has 1 amide bonds. The van der Waals surface area contributed by atoms with E-state index < -0.39 is 20.5 Å². The highest BCUT2D eigenvalue weighted by atomic mass is 32.2. The van der Waals surface area contributed by atoms with Crippen LogP contribution in [0.4, 0.5) is 8.78 Å². The summed E-state index contributed by atoms with van der Waals surface area (Å²) < 4.78 is 47.5. The normalized spacial score (nSPS) is 12.7. The van der Waals surface area contributed by atoms with E-state index in [0.717, 1.165) is 12.1 Å². The maximum atomic E-state index is 12.4. The van der Waals surface area contributed by atoms with Crippen molar-refractivity contribution in [2.45, 2.75) is 30.9 Å². The van der Waals surface area contributed by atoms with Gasteiger partial charge in [-0.05, 0) is 31.5 Å². The number of halogens is 2. The lowest BCUT2D eigenvalue weighted by Gasteiger charge is -2.22. The molecule has 0 unspecified atom stereocenters. The number of hydrogen-bond donors (Lipinski definition) is 0. The summed E-state index contributed by atoms with van der Waals surface area (Å²) in [5, 5.41) is 8.80. The van der Waals surface area contributed by atoms with Crippen LogP contribution in [0.1, 0.15) is 19.4 Å². The molecule has 126 valence electrons. The first kappa shape index (κ1) is 19.0. The van der Waals surface area contributed by atoms with Gasteiger partial charge in [0.2, 0.25) is 15.7 Å². The number of rotatable bonds is 7. The van der Waals surface area contributed by atoms with Gasteiger partial charge in [-0.1, -0.05) is 12.1 Å². The molecule has 5 nitrogen and oxygen atoms in total. The fourth-order valence-corrected chi connectivity index (χ4v) is 2.69. The van der Waals surface area contributed by atoms with Gasteiger partial charge < -0.3 is 4.90 Å². The van der Waals surface area contributed by atoms with E-state index >= 15 is 0 Å². The summed E-state index contributed by atoms with van der Waals surface area (Å²) in [6.45, 7) is 4.26. The Kier molecular flexibility index (Phi) is 6.63. The third-order valence-electron chi connectivity index (χ3n) is 3.29. The standard InChI is InChI=1S/C15H18F2N2O3S/c1-3-19(10-11(2)9-18)14(20)8-12-4-6-13(7-5-12)23(21,22)15(16)17/h4-7,11,15H,3,8,10H2,1-2H3/t11-/m0/s1. The minimum atomic E-state index is -4.63. The Morgan fingerprint density at radius 2 is 1.87 bits per heavy atom. The minimum absolute atomic E-state index is 0.0149. The second kappa shape index (κ2) is 8.02. The van der Waals surface area contributed by atoms with E-state index in [4.69, 9.17) is 5.26 Å². The lowest BCUT2D eigenvalue weighted by molar-refractivity contribution is -0.130. The Bertz CT molecular complexity index is 682. The molecule has 1 atom stereocenters. The second-order valence-corrected chi connectivity index (χ2v) is 7.01. The zero-order chi connectivity index (χ0) is 17.6. The lowest BCUT2D eigenvalue weighted by atomic mass is 10.1. The first-order chi connectivity index (χ1) is 10.7. The van der Waals surface area contributed by atoms with Gasteiger partial charge in [-0.15, -0.1) is 0 Å². The third kappa shape index (κ3) is 4.99. The SMILES string of the molecule is CCN(C[C@@H](C)C#N)C(=O)Cc1ccc(S(=O)(=O)C(F)F)cc1. The van der Waals surface area contributed by atoms with Gasteiger partial charge in [-0.25, -0.2) is 8.42 Å². The molecule has 1 aromatic rings. The molecule has 0 aliphatic rings. The number of amides is 1. The van der Waals surface area contributed by atoms with Gasteiger partial charge in [0, 0.05) is 13.1 Å². The smallest absolute Gasteiger partial charge is 0.341 e. The summed E-state index contributed by atoms with van der Waals surface area (Å²) in [5.74, 6) is -3.98. The topological polar surface area (TPSA) is 78.2 Å². The van der Waals surface area contributed by atoms with Gasteiger partial charge in [-0.3, -0.25) is 4.79 Å². The number of likely N-dealkylation sites (N-methyl/N-ethyl adjacent to an activating group) is 1. The highest BCUT2D eigenvalue weighted by Crippen LogP contribution is 2.19. The average Bonchev–Trinajstić information content (AvgIpc) is 2.52. The number of nitrogens with zero attached hydrogens (tertiary/aromatic N) is 2. The molecule has 0 aromatic heterocycles. The zero-order valence-corrected chi connectivity index (χ0v) is 13.7. The number of carbonyl (C=O) groups excluding carboxylic acids is 1. The van der Waals surface area contributed by atoms with Gasteiger partial charge in [0.15, 0.2) is 0 Å². The van der Waals surface area contributed by atoms with Crippen LogP contribution < -0.4 is 0 Å². The number of sulfone groups is 1. The van der Waals surface area contributed by atoms with Crippen molar-refractivity contribution in [1.82, 2.24) is 4.90 Å². The van der Waals surface area contributed by atoms with Crippen LogP contribution in [0.5, 0.6) is 0 Å². The van der Waals surface area contributed by atoms with Crippen molar-refractivity contribution in [1.29, 1.82) is 5.26 Å². The predicted octanol–water partition coefficient (Wildman–Crippen LogP) is 2.23. The maximum Gasteiger partial charge on any atom is 0.341 e. The highest BCUT2D eigenvalue weighted by Gasteiger charge is 2.26. The van der Waals surface area contributed by atoms with E-state index in [-0.39, 0.29) is 18.2 Å². The Balaban J connectivity index is 2.82. The zero-order valence-electron chi connectivity index (χ0n) is 12.9. The largest absolute Gasteiger partial charge is 0.341 e. The Morgan fingerprint density at radius 1 is 1.30 bits per heavy atom. The van der Waals surface area contributed by atoms with E-state index in [0.29, 0.717) is 18.7 Å². The van der Waals surface area contributed by atoms with Crippen LogP contribution in [0.3, 0.4) is 0 Å². The first-order valence-electron chi connectivity index (χ1n) is 7.00. The average molecular weight is 344 g/mol. The van der Waals surface area contributed by atoms with Gasteiger partial charge in [0.05, 0.1) is 23.3 Å². The molecule has 0 radical (unpaired) electrons. The molecular formula is C15H18F2N2O3S. The number of nitriles is 1. The van der Waals surface area contributed by atoms with Gasteiger partial charge in [-0.2, -0.15) is 14.0 Å². The predicted molar refractivity (Wildman–Crippen MR) is 80.4 cm³/mol. The van der Waals surface area contributed by atoms with E-state index in [1.54, 1.807) is 13.8 Å². The van der Waals surface area contributed by atoms with E-state index in [2.05, 4.69) is 6.07 Å². The van der Waals surface area contributed by atoms with Crippen molar-refractivity contribution >= 4 is 15.7 Å². The van der Waals surface area contributed by atoms with Crippen LogP contribution in [-0.2, 0) is 21.1 Å². The first-order valence-corrected chi connectivity index (χ1v) is 8.55. The van der Waals surface area contributed by atoms with Gasteiger partial charge in [0.1, 0.15) is 0 Å². The Labute approximate surface area is 134 Å². The summed E-state index contributed by atoms with van der Waals surface area (Å²) >= 11 is 0. The summed E-state index contributed by atoms with van der Waals surface area (Å²) in [7, 11) is -4.63. The minimum Gasteiger partial charge on any atom is -0.341 e. The van der Waals surface area contributed by atoms with Crippen molar-refractivity contribution in [3.8, 4) is 6.07 Å². The summed E-state index contributed by atoms with van der Waals surface area (Å²) in [6, 6.07) is 6.87. The number of carbonyl (C=O) groups is 1. The highest BCUT2D eigenvalue weighted by molar-refractivity contribution is 7.91. The number of benzene rings is 1. The fourth-order valence-electron chi connectivity index (χ4n) is 1.96. The molecule has 0 aliphatic heterocycles. The Morgan fingerprint density at radius 3 is 2.30 bits per heavy atom. The molecule has 1 rings (SSSR count). The molecule has 0 N–H and O–H groups in total. The molecule has 0 saturated carbocycles. The van der Waals surface area contributed by atoms with E-state index in [1.807, 2.05) is 0 Å². The fraction of sp³-hybridized carbons (Fsp3) is 0.467. The van der Waals surface area contributed by atoms with Gasteiger partial charge in [0.25, 0.3) is 0 Å². The maximum absolute atomic E-state index is 12.4. The van der Waals surface area contributed by atoms with Crippen LogP contribution >= 0.6 is 0 Å². The molecule has 23 heavy (non-hydrogen) atoms. The molecule has 0 fully saturated rings. The van der Waals surface area contributed by atoms with Crippen molar-refractivity contribution in [3.05, 3.63) is 29.8 Å². The molecule has 0 saturated heterocycles. The molecule has 0 aliphatic carbocycles. The molecular weight excluding hydrogens is 326 g/mol. The summed E-state index contributed by atoms with van der Waals surface area (Å²) in [6.07, 6.45) is 0.0149. The second-order valence-electron chi connectivity index (χ2n) is 5.09. The quantitative estimate of drug-likeness (QED) is 0.760. The van der Waals surface area contributed by atoms with E-state index in [1.165, 1.54) is 17.0 Å². The van der Waals surface area contributed by atoms with Crippen LogP contribution in [0.15, 0.2) is 29.2 Å². The summed E-state index contributed by atoms with van der Waals surface area (Å²) in [5.41, 5.74) is 0.520. The van der Waals surface area contributed by atoms with Crippen LogP contribution in [0, 0.1) is 17.2 Å². The lowest BCUT2D eigenvalue weighted by Crippen LogP contribution is -2.35. The number of hydrogen-bond acceptors (Lipinski definition) is 4. The molecule has 0 bridgehead atoms. The van der Waals surface area contributed by atoms with E-state index in [9.17, 15) is 22.0 Å². The van der Waals surface area contributed by atoms with Crippen LogP contribution in [0.2, 0.25) is 0 Å². The van der Waals surface area contributed by atoms with Crippen molar-refractivity contribution in [3.63, 3.8) is 0 Å². The molecule has 0 heterocycles. The Hall–Kier alpha value is -2.01. The van der Waals surface area contributed by atoms with Crippen molar-refractivity contribution in [2.24, 2.45) is 5.92 Å². The summed E-state index contributed by atoms with van der Waals surface area (Å²) in [4.78, 5) is 13.2. The van der Waals surface area contributed by atoms with Crippen LogP contribution in [0.25, 0.3) is 0 Å². The molecule has 8 heteroatoms. The molecule has 1 aromatic carbocycles.